The summed E-state index contributed by atoms with van der Waals surface area (Å²) in [6, 6.07) is 12.8. The number of ether oxygens (including phenoxy) is 1. The SMILES string of the molecule is O=C(Cc1csc(-c2ccc(F)cc2)n1)Oc1ccccc1Cl. The van der Waals surface area contributed by atoms with Gasteiger partial charge < -0.3 is 4.74 Å². The van der Waals surface area contributed by atoms with Gasteiger partial charge in [-0.15, -0.1) is 11.3 Å². The van der Waals surface area contributed by atoms with Crippen molar-refractivity contribution >= 4 is 28.9 Å². The molecule has 0 bridgehead atoms. The Labute approximate surface area is 141 Å². The number of carbonyl (C=O) groups excluding carboxylic acids is 1. The van der Waals surface area contributed by atoms with Crippen LogP contribution in [0, 0.1) is 5.82 Å². The van der Waals surface area contributed by atoms with Crippen molar-refractivity contribution < 1.29 is 13.9 Å². The molecule has 1 aromatic heterocycles. The monoisotopic (exact) mass is 347 g/mol. The van der Waals surface area contributed by atoms with Gasteiger partial charge in [0.1, 0.15) is 16.6 Å². The molecule has 3 nitrogen and oxygen atoms in total. The van der Waals surface area contributed by atoms with E-state index in [1.54, 1.807) is 41.8 Å². The molecule has 3 rings (SSSR count). The van der Waals surface area contributed by atoms with E-state index in [2.05, 4.69) is 4.98 Å². The number of halogens is 2. The molecule has 3 aromatic rings. The van der Waals surface area contributed by atoms with E-state index in [0.717, 1.165) is 10.6 Å². The van der Waals surface area contributed by atoms with Gasteiger partial charge in [0, 0.05) is 10.9 Å². The van der Waals surface area contributed by atoms with Crippen molar-refractivity contribution in [1.82, 2.24) is 4.98 Å². The third-order valence-corrected chi connectivity index (χ3v) is 4.28. The van der Waals surface area contributed by atoms with Crippen LogP contribution in [-0.2, 0) is 11.2 Å². The minimum absolute atomic E-state index is 0.0446. The number of hydrogen-bond donors (Lipinski definition) is 0. The molecule has 0 aliphatic heterocycles. The molecule has 2 aromatic carbocycles. The molecule has 0 saturated carbocycles. The summed E-state index contributed by atoms with van der Waals surface area (Å²) in [7, 11) is 0. The second kappa shape index (κ2) is 6.89. The van der Waals surface area contributed by atoms with Gasteiger partial charge in [0.25, 0.3) is 0 Å². The van der Waals surface area contributed by atoms with Gasteiger partial charge in [-0.25, -0.2) is 9.37 Å². The molecule has 0 fully saturated rings. The maximum atomic E-state index is 12.9. The van der Waals surface area contributed by atoms with Gasteiger partial charge in [-0.2, -0.15) is 0 Å². The molecule has 23 heavy (non-hydrogen) atoms. The van der Waals surface area contributed by atoms with E-state index in [9.17, 15) is 9.18 Å². The highest BCUT2D eigenvalue weighted by Gasteiger charge is 2.12. The van der Waals surface area contributed by atoms with Crippen LogP contribution in [0.4, 0.5) is 4.39 Å². The molecule has 0 saturated heterocycles. The number of carbonyl (C=O) groups is 1. The van der Waals surface area contributed by atoms with Crippen LogP contribution in [0.25, 0.3) is 10.6 Å². The van der Waals surface area contributed by atoms with Gasteiger partial charge >= 0.3 is 5.97 Å². The van der Waals surface area contributed by atoms with E-state index >= 15 is 0 Å². The van der Waals surface area contributed by atoms with Crippen molar-refractivity contribution in [3.05, 3.63) is 70.4 Å². The van der Waals surface area contributed by atoms with E-state index in [-0.39, 0.29) is 12.2 Å². The Morgan fingerprint density at radius 2 is 1.91 bits per heavy atom. The predicted octanol–water partition coefficient (Wildman–Crippen LogP) is 4.75. The Kier molecular flexibility index (Phi) is 4.69. The maximum absolute atomic E-state index is 12.9. The molecule has 0 atom stereocenters. The van der Waals surface area contributed by atoms with Crippen LogP contribution in [0.2, 0.25) is 5.02 Å². The smallest absolute Gasteiger partial charge is 0.317 e. The summed E-state index contributed by atoms with van der Waals surface area (Å²) in [6.07, 6.45) is 0.0446. The summed E-state index contributed by atoms with van der Waals surface area (Å²) < 4.78 is 18.2. The number of aromatic nitrogens is 1. The molecule has 6 heteroatoms. The normalized spacial score (nSPS) is 10.5. The van der Waals surface area contributed by atoms with E-state index in [4.69, 9.17) is 16.3 Å². The molecule has 0 aliphatic carbocycles. The molecule has 0 unspecified atom stereocenters. The van der Waals surface area contributed by atoms with Gasteiger partial charge in [0.05, 0.1) is 17.1 Å². The van der Waals surface area contributed by atoms with E-state index in [1.807, 2.05) is 0 Å². The Morgan fingerprint density at radius 3 is 2.65 bits per heavy atom. The second-order valence-electron chi connectivity index (χ2n) is 4.73. The number of hydrogen-bond acceptors (Lipinski definition) is 4. The first-order valence-electron chi connectivity index (χ1n) is 6.77. The lowest BCUT2D eigenvalue weighted by Gasteiger charge is -2.04. The predicted molar refractivity (Wildman–Crippen MR) is 88.3 cm³/mol. The molecule has 0 amide bonds. The zero-order valence-corrected chi connectivity index (χ0v) is 13.4. The standard InChI is InChI=1S/C17H11ClFNO2S/c18-14-3-1-2-4-15(14)22-16(21)9-13-10-23-17(20-13)11-5-7-12(19)8-6-11/h1-8,10H,9H2. The number of thiazole rings is 1. The lowest BCUT2D eigenvalue weighted by atomic mass is 10.2. The van der Waals surface area contributed by atoms with Crippen LogP contribution in [0.1, 0.15) is 5.69 Å². The van der Waals surface area contributed by atoms with Crippen molar-refractivity contribution in [1.29, 1.82) is 0 Å². The molecule has 116 valence electrons. The Hall–Kier alpha value is -2.24. The Balaban J connectivity index is 1.68. The fourth-order valence-electron chi connectivity index (χ4n) is 1.95. The van der Waals surface area contributed by atoms with E-state index in [1.165, 1.54) is 23.5 Å². The molecule has 0 aliphatic rings. The largest absolute Gasteiger partial charge is 0.425 e. The third-order valence-electron chi connectivity index (χ3n) is 3.03. The zero-order valence-electron chi connectivity index (χ0n) is 11.8. The van der Waals surface area contributed by atoms with E-state index < -0.39 is 5.97 Å². The average molecular weight is 348 g/mol. The van der Waals surface area contributed by atoms with Gasteiger partial charge in [0.15, 0.2) is 0 Å². The van der Waals surface area contributed by atoms with Gasteiger partial charge in [-0.1, -0.05) is 23.7 Å². The van der Waals surface area contributed by atoms with Crippen LogP contribution >= 0.6 is 22.9 Å². The molecular weight excluding hydrogens is 337 g/mol. The molecule has 0 N–H and O–H groups in total. The summed E-state index contributed by atoms with van der Waals surface area (Å²) in [5, 5.41) is 2.89. The fraction of sp³-hybridized carbons (Fsp3) is 0.0588. The highest BCUT2D eigenvalue weighted by molar-refractivity contribution is 7.13. The Morgan fingerprint density at radius 1 is 1.17 bits per heavy atom. The highest BCUT2D eigenvalue weighted by atomic mass is 35.5. The topological polar surface area (TPSA) is 39.2 Å². The van der Waals surface area contributed by atoms with Gasteiger partial charge in [-0.3, -0.25) is 4.79 Å². The van der Waals surface area contributed by atoms with Crippen LogP contribution in [-0.4, -0.2) is 11.0 Å². The number of rotatable bonds is 4. The van der Waals surface area contributed by atoms with Gasteiger partial charge in [0.2, 0.25) is 0 Å². The van der Waals surface area contributed by atoms with E-state index in [0.29, 0.717) is 16.5 Å². The van der Waals surface area contributed by atoms with Crippen molar-refractivity contribution in [3.63, 3.8) is 0 Å². The van der Waals surface area contributed by atoms with Gasteiger partial charge in [-0.05, 0) is 36.4 Å². The zero-order chi connectivity index (χ0) is 16.2. The van der Waals surface area contributed by atoms with Crippen molar-refractivity contribution in [2.24, 2.45) is 0 Å². The number of para-hydroxylation sites is 1. The number of esters is 1. The second-order valence-corrected chi connectivity index (χ2v) is 6.00. The summed E-state index contributed by atoms with van der Waals surface area (Å²) >= 11 is 7.34. The quantitative estimate of drug-likeness (QED) is 0.505. The fourth-order valence-corrected chi connectivity index (χ4v) is 2.95. The first-order chi connectivity index (χ1) is 11.1. The Bertz CT molecular complexity index is 833. The first-order valence-corrected chi connectivity index (χ1v) is 8.03. The highest BCUT2D eigenvalue weighted by Crippen LogP contribution is 2.26. The average Bonchev–Trinajstić information content (AvgIpc) is 2.98. The third kappa shape index (κ3) is 3.94. The van der Waals surface area contributed by atoms with Crippen LogP contribution < -0.4 is 4.74 Å². The summed E-state index contributed by atoms with van der Waals surface area (Å²) in [4.78, 5) is 16.3. The molecule has 0 spiro atoms. The molecular formula is C17H11ClFNO2S. The summed E-state index contributed by atoms with van der Waals surface area (Å²) in [5.74, 6) is -0.406. The van der Waals surface area contributed by atoms with Crippen molar-refractivity contribution in [2.45, 2.75) is 6.42 Å². The lowest BCUT2D eigenvalue weighted by molar-refractivity contribution is -0.133. The molecule has 0 radical (unpaired) electrons. The minimum Gasteiger partial charge on any atom is -0.425 e. The van der Waals surface area contributed by atoms with Crippen LogP contribution in [0.15, 0.2) is 53.9 Å². The maximum Gasteiger partial charge on any atom is 0.317 e. The van der Waals surface area contributed by atoms with Crippen molar-refractivity contribution in [2.75, 3.05) is 0 Å². The lowest BCUT2D eigenvalue weighted by Crippen LogP contribution is -2.11. The number of nitrogens with zero attached hydrogens (tertiary/aromatic N) is 1. The summed E-state index contributed by atoms with van der Waals surface area (Å²) in [5.41, 5.74) is 1.41. The summed E-state index contributed by atoms with van der Waals surface area (Å²) in [6.45, 7) is 0. The number of benzene rings is 2. The van der Waals surface area contributed by atoms with Crippen LogP contribution in [0.3, 0.4) is 0 Å². The van der Waals surface area contributed by atoms with Crippen molar-refractivity contribution in [3.8, 4) is 16.3 Å². The molecule has 1 heterocycles. The minimum atomic E-state index is -0.436. The van der Waals surface area contributed by atoms with Crippen LogP contribution in [0.5, 0.6) is 5.75 Å². The first kappa shape index (κ1) is 15.6.